The van der Waals surface area contributed by atoms with Crippen LogP contribution in [0.4, 0.5) is 5.69 Å². The number of ether oxygens (including phenoxy) is 2. The average Bonchev–Trinajstić information content (AvgIpc) is 3.34. The second kappa shape index (κ2) is 8.17. The maximum absolute atomic E-state index is 13.4. The minimum absolute atomic E-state index is 0.0471. The number of nitrogens with zero attached hydrogens (tertiary/aromatic N) is 2. The molecule has 174 valence electrons. The number of para-hydroxylation sites is 1. The first-order valence-corrected chi connectivity index (χ1v) is 10.8. The summed E-state index contributed by atoms with van der Waals surface area (Å²) < 4.78 is 17.3. The summed E-state index contributed by atoms with van der Waals surface area (Å²) in [6.45, 7) is 0. The fourth-order valence-corrected chi connectivity index (χ4v) is 4.17. The van der Waals surface area contributed by atoms with Crippen molar-refractivity contribution in [2.24, 2.45) is 0 Å². The van der Waals surface area contributed by atoms with Gasteiger partial charge in [0.2, 0.25) is 0 Å². The molecule has 9 heteroatoms. The van der Waals surface area contributed by atoms with Crippen molar-refractivity contribution >= 4 is 44.9 Å². The van der Waals surface area contributed by atoms with Crippen LogP contribution in [0.2, 0.25) is 0 Å². The van der Waals surface area contributed by atoms with E-state index in [0.717, 1.165) is 0 Å². The molecule has 36 heavy (non-hydrogen) atoms. The van der Waals surface area contributed by atoms with Crippen molar-refractivity contribution in [3.05, 3.63) is 112 Å². The van der Waals surface area contributed by atoms with Gasteiger partial charge in [-0.2, -0.15) is 0 Å². The number of nitro groups is 1. The summed E-state index contributed by atoms with van der Waals surface area (Å²) >= 11 is 0. The number of hydrogen-bond donors (Lipinski definition) is 0. The van der Waals surface area contributed by atoms with Crippen molar-refractivity contribution < 1.29 is 28.5 Å². The zero-order chi connectivity index (χ0) is 24.8. The number of rotatable bonds is 5. The quantitative estimate of drug-likeness (QED) is 0.136. The number of non-ortho nitro benzene ring substituents is 1. The summed E-state index contributed by atoms with van der Waals surface area (Å²) in [5.41, 5.74) is 0.724. The van der Waals surface area contributed by atoms with Gasteiger partial charge in [-0.05, 0) is 24.3 Å². The maximum atomic E-state index is 13.4. The number of carbonyl (C=O) groups excluding carboxylic acids is 2. The SMILES string of the molecule is O=C(Oc1c2c3c(noc3c3ccccc13)C(Oc1ccccc1)=CC2=O)c1ccc([N+](=O)[O-])cc1. The molecule has 1 heterocycles. The first kappa shape index (κ1) is 21.2. The van der Waals surface area contributed by atoms with Crippen molar-refractivity contribution in [2.45, 2.75) is 0 Å². The van der Waals surface area contributed by atoms with Crippen LogP contribution in [0.1, 0.15) is 26.4 Å². The second-order valence-corrected chi connectivity index (χ2v) is 7.97. The van der Waals surface area contributed by atoms with Crippen molar-refractivity contribution in [3.8, 4) is 11.5 Å². The highest BCUT2D eigenvalue weighted by Crippen LogP contribution is 2.44. The summed E-state index contributed by atoms with van der Waals surface area (Å²) in [5, 5.41) is 16.6. The summed E-state index contributed by atoms with van der Waals surface area (Å²) in [4.78, 5) is 36.8. The van der Waals surface area contributed by atoms with Crippen LogP contribution in [0.15, 0.2) is 89.5 Å². The zero-order valence-electron chi connectivity index (χ0n) is 18.3. The van der Waals surface area contributed by atoms with Crippen LogP contribution in [-0.2, 0) is 0 Å². The largest absolute Gasteiger partial charge is 0.455 e. The Hall–Kier alpha value is -5.31. The van der Waals surface area contributed by atoms with E-state index < -0.39 is 16.7 Å². The Bertz CT molecular complexity index is 1740. The molecule has 6 rings (SSSR count). The van der Waals surface area contributed by atoms with Gasteiger partial charge in [-0.15, -0.1) is 0 Å². The first-order valence-electron chi connectivity index (χ1n) is 10.8. The summed E-state index contributed by atoms with van der Waals surface area (Å²) in [6.07, 6.45) is 1.28. The van der Waals surface area contributed by atoms with Crippen LogP contribution in [0.5, 0.6) is 11.5 Å². The molecule has 0 aliphatic heterocycles. The third-order valence-electron chi connectivity index (χ3n) is 5.81. The number of esters is 1. The topological polar surface area (TPSA) is 122 Å². The smallest absolute Gasteiger partial charge is 0.343 e. The zero-order valence-corrected chi connectivity index (χ0v) is 18.3. The predicted octanol–water partition coefficient (Wildman–Crippen LogP) is 5.72. The second-order valence-electron chi connectivity index (χ2n) is 7.97. The molecule has 0 atom stereocenters. The predicted molar refractivity (Wildman–Crippen MR) is 129 cm³/mol. The molecule has 0 fully saturated rings. The number of benzene rings is 4. The lowest BCUT2D eigenvalue weighted by Gasteiger charge is -2.17. The van der Waals surface area contributed by atoms with Crippen molar-refractivity contribution in [1.29, 1.82) is 0 Å². The van der Waals surface area contributed by atoms with Gasteiger partial charge in [-0.25, -0.2) is 4.79 Å². The van der Waals surface area contributed by atoms with Crippen LogP contribution in [-0.4, -0.2) is 21.8 Å². The van der Waals surface area contributed by atoms with Crippen molar-refractivity contribution in [3.63, 3.8) is 0 Å². The van der Waals surface area contributed by atoms with Gasteiger partial charge in [0, 0.05) is 29.0 Å². The normalized spacial score (nSPS) is 12.4. The summed E-state index contributed by atoms with van der Waals surface area (Å²) in [7, 11) is 0. The molecule has 9 nitrogen and oxygen atoms in total. The Kier molecular flexibility index (Phi) is 4.82. The highest BCUT2D eigenvalue weighted by Gasteiger charge is 2.33. The van der Waals surface area contributed by atoms with E-state index in [0.29, 0.717) is 33.2 Å². The summed E-state index contributed by atoms with van der Waals surface area (Å²) in [5.74, 6) is -0.446. The molecule has 0 saturated heterocycles. The molecule has 0 spiro atoms. The van der Waals surface area contributed by atoms with E-state index >= 15 is 0 Å². The minimum Gasteiger partial charge on any atom is -0.455 e. The van der Waals surface area contributed by atoms with Gasteiger partial charge in [-0.1, -0.05) is 47.6 Å². The van der Waals surface area contributed by atoms with E-state index in [4.69, 9.17) is 14.0 Å². The van der Waals surface area contributed by atoms with Gasteiger partial charge < -0.3 is 14.0 Å². The monoisotopic (exact) mass is 478 g/mol. The fourth-order valence-electron chi connectivity index (χ4n) is 4.17. The number of allylic oxidation sites excluding steroid dienone is 1. The van der Waals surface area contributed by atoms with Crippen molar-refractivity contribution in [2.75, 3.05) is 0 Å². The van der Waals surface area contributed by atoms with E-state index in [1.54, 1.807) is 48.5 Å². The lowest BCUT2D eigenvalue weighted by Crippen LogP contribution is -2.14. The average molecular weight is 478 g/mol. The molecular formula is C27H14N2O7. The molecule has 1 aliphatic carbocycles. The van der Waals surface area contributed by atoms with Gasteiger partial charge in [-0.3, -0.25) is 14.9 Å². The molecule has 0 amide bonds. The first-order chi connectivity index (χ1) is 17.5. The molecular weight excluding hydrogens is 464 g/mol. The van der Waals surface area contributed by atoms with Crippen LogP contribution in [0, 0.1) is 10.1 Å². The van der Waals surface area contributed by atoms with Gasteiger partial charge in [0.1, 0.15) is 5.75 Å². The number of carbonyl (C=O) groups is 2. The highest BCUT2D eigenvalue weighted by atomic mass is 16.6. The molecule has 1 aromatic heterocycles. The number of fused-ring (bicyclic) bond motifs is 2. The third kappa shape index (κ3) is 3.38. The molecule has 0 bridgehead atoms. The highest BCUT2D eigenvalue weighted by molar-refractivity contribution is 6.27. The molecule has 1 aliphatic rings. The number of ketones is 1. The molecule has 0 unspecified atom stereocenters. The van der Waals surface area contributed by atoms with E-state index in [9.17, 15) is 19.7 Å². The van der Waals surface area contributed by atoms with Crippen LogP contribution in [0.25, 0.3) is 27.5 Å². The van der Waals surface area contributed by atoms with Crippen LogP contribution >= 0.6 is 0 Å². The van der Waals surface area contributed by atoms with Gasteiger partial charge >= 0.3 is 5.97 Å². The molecule has 0 saturated carbocycles. The van der Waals surface area contributed by atoms with Gasteiger partial charge in [0.25, 0.3) is 5.69 Å². The molecule has 5 aromatic rings. The third-order valence-corrected chi connectivity index (χ3v) is 5.81. The van der Waals surface area contributed by atoms with E-state index in [1.165, 1.54) is 30.3 Å². The van der Waals surface area contributed by atoms with E-state index in [1.807, 2.05) is 6.07 Å². The van der Waals surface area contributed by atoms with Crippen molar-refractivity contribution in [1.82, 2.24) is 5.16 Å². The lowest BCUT2D eigenvalue weighted by atomic mass is 9.92. The standard InChI is InChI=1S/C27H14N2O7/c30-20-14-21(34-17-6-2-1-3-7-17)24-23-22(20)25(18-8-4-5-9-19(18)26(23)36-28-24)35-27(31)15-10-12-16(13-11-15)29(32)33/h1-14H. The van der Waals surface area contributed by atoms with Gasteiger partial charge in [0.15, 0.2) is 28.6 Å². The Morgan fingerprint density at radius 2 is 1.61 bits per heavy atom. The van der Waals surface area contributed by atoms with Gasteiger partial charge in [0.05, 0.1) is 21.4 Å². The number of hydrogen-bond acceptors (Lipinski definition) is 8. The Labute approximate surface area is 202 Å². The Balaban J connectivity index is 1.49. The van der Waals surface area contributed by atoms with E-state index in [2.05, 4.69) is 5.16 Å². The molecule has 4 aromatic carbocycles. The fraction of sp³-hybridized carbons (Fsp3) is 0. The van der Waals surface area contributed by atoms with E-state index in [-0.39, 0.29) is 28.3 Å². The minimum atomic E-state index is -0.772. The number of nitro benzene ring substituents is 1. The maximum Gasteiger partial charge on any atom is 0.343 e. The summed E-state index contributed by atoms with van der Waals surface area (Å²) in [6, 6.07) is 21.0. The Morgan fingerprint density at radius 1 is 0.917 bits per heavy atom. The molecule has 0 radical (unpaired) electrons. The molecule has 0 N–H and O–H groups in total. The van der Waals surface area contributed by atoms with Crippen LogP contribution in [0.3, 0.4) is 0 Å². The Morgan fingerprint density at radius 3 is 2.33 bits per heavy atom. The lowest BCUT2D eigenvalue weighted by molar-refractivity contribution is -0.384. The van der Waals surface area contributed by atoms with Crippen LogP contribution < -0.4 is 9.47 Å². The number of aromatic nitrogens is 1.